The van der Waals surface area contributed by atoms with Crippen molar-refractivity contribution in [2.24, 2.45) is 0 Å². The lowest BCUT2D eigenvalue weighted by atomic mass is 10.5. The summed E-state index contributed by atoms with van der Waals surface area (Å²) in [6, 6.07) is 0. The van der Waals surface area contributed by atoms with Gasteiger partial charge in [-0.2, -0.15) is 0 Å². The predicted octanol–water partition coefficient (Wildman–Crippen LogP) is -0.826. The average Bonchev–Trinajstić information content (AvgIpc) is 1.38. The van der Waals surface area contributed by atoms with Crippen molar-refractivity contribution in [2.45, 2.75) is 6.10 Å². The third kappa shape index (κ3) is 3.79. The topological polar surface area (TPSA) is 40.5 Å². The fraction of sp³-hybridized carbons (Fsp3) is 0.667. The van der Waals surface area contributed by atoms with Gasteiger partial charge >= 0.3 is 0 Å². The van der Waals surface area contributed by atoms with E-state index in [1.165, 1.54) is 0 Å². The first-order valence-corrected chi connectivity index (χ1v) is 1.39. The molecule has 2 nitrogen and oxygen atoms in total. The Morgan fingerprint density at radius 2 is 2.00 bits per heavy atom. The molecule has 0 amide bonds. The Kier molecular flexibility index (Phi) is 1.97. The lowest BCUT2D eigenvalue weighted by Gasteiger charge is -1.81. The zero-order chi connectivity index (χ0) is 4.28. The maximum Gasteiger partial charge on any atom is 0.215 e. The van der Waals surface area contributed by atoms with Crippen molar-refractivity contribution in [2.75, 3.05) is 6.61 Å². The Morgan fingerprint density at radius 1 is 1.80 bits per heavy atom. The molecule has 2 N–H and O–H groups in total. The van der Waals surface area contributed by atoms with E-state index in [0.717, 1.165) is 0 Å². The minimum absolute atomic E-state index is 0.250. The minimum atomic E-state index is -0.810. The Hall–Kier alpha value is -0.210. The van der Waals surface area contributed by atoms with E-state index in [0.29, 0.717) is 0 Å². The van der Waals surface area contributed by atoms with Gasteiger partial charge in [-0.3, -0.25) is 0 Å². The van der Waals surface area contributed by atoms with Crippen LogP contribution < -0.4 is 0 Å². The van der Waals surface area contributed by atoms with Crippen molar-refractivity contribution in [1.82, 2.24) is 0 Å². The fourth-order valence-electron chi connectivity index (χ4n) is 0. The molecule has 0 fully saturated rings. The molecule has 2 heteroatoms. The van der Waals surface area contributed by atoms with E-state index in [9.17, 15) is 0 Å². The molecule has 0 saturated carbocycles. The van der Waals surface area contributed by atoms with Crippen molar-refractivity contribution >= 4 is 0 Å². The van der Waals surface area contributed by atoms with Crippen LogP contribution in [0.25, 0.3) is 0 Å². The molecule has 0 saturated heterocycles. The van der Waals surface area contributed by atoms with E-state index in [1.807, 2.05) is 0 Å². The molecule has 0 aliphatic carbocycles. The van der Waals surface area contributed by atoms with Gasteiger partial charge in [0.15, 0.2) is 0 Å². The van der Waals surface area contributed by atoms with Gasteiger partial charge in [-0.15, -0.1) is 0 Å². The van der Waals surface area contributed by atoms with Gasteiger partial charge in [0.25, 0.3) is 0 Å². The molecule has 0 bridgehead atoms. The smallest absolute Gasteiger partial charge is 0.215 e. The standard InChI is InChI=1S/C3H7O2/c1-3(5)2-4/h3-5H,1-2H2/q+1/t3-/m0/s1. The number of hydrogen-bond donors (Lipinski definition) is 2. The van der Waals surface area contributed by atoms with Gasteiger partial charge in [0.1, 0.15) is 6.61 Å². The van der Waals surface area contributed by atoms with Crippen LogP contribution in [-0.4, -0.2) is 22.9 Å². The van der Waals surface area contributed by atoms with Crippen molar-refractivity contribution in [3.8, 4) is 0 Å². The molecule has 0 heterocycles. The monoisotopic (exact) mass is 75.0 g/mol. The normalized spacial score (nSPS) is 14.8. The second kappa shape index (κ2) is 2.05. The van der Waals surface area contributed by atoms with Crippen LogP contribution in [0.1, 0.15) is 0 Å². The van der Waals surface area contributed by atoms with Crippen LogP contribution in [0.15, 0.2) is 0 Å². The summed E-state index contributed by atoms with van der Waals surface area (Å²) in [7, 11) is 0. The van der Waals surface area contributed by atoms with Gasteiger partial charge < -0.3 is 10.2 Å². The first kappa shape index (κ1) is 4.79. The third-order valence-electron chi connectivity index (χ3n) is 0.211. The minimum Gasteiger partial charge on any atom is -0.389 e. The lowest BCUT2D eigenvalue weighted by molar-refractivity contribution is 0.129. The highest BCUT2D eigenvalue weighted by molar-refractivity contribution is 4.49. The SMILES string of the molecule is [CH2+][C@H](O)CO. The second-order valence-electron chi connectivity index (χ2n) is 0.836. The quantitative estimate of drug-likeness (QED) is 0.399. The Bertz CT molecular complexity index is 18.9. The van der Waals surface area contributed by atoms with E-state index in [2.05, 4.69) is 6.92 Å². The van der Waals surface area contributed by atoms with Gasteiger partial charge in [0.05, 0.1) is 6.92 Å². The van der Waals surface area contributed by atoms with Crippen LogP contribution in [-0.2, 0) is 0 Å². The maximum atomic E-state index is 8.00. The van der Waals surface area contributed by atoms with Crippen LogP contribution >= 0.6 is 0 Å². The van der Waals surface area contributed by atoms with Crippen molar-refractivity contribution in [1.29, 1.82) is 0 Å². The summed E-state index contributed by atoms with van der Waals surface area (Å²) < 4.78 is 0. The first-order valence-electron chi connectivity index (χ1n) is 1.39. The summed E-state index contributed by atoms with van der Waals surface area (Å²) in [5.74, 6) is 0. The highest BCUT2D eigenvalue weighted by atomic mass is 16.3. The van der Waals surface area contributed by atoms with E-state index >= 15 is 0 Å². The Labute approximate surface area is 31.1 Å². The molecule has 30 valence electrons. The number of rotatable bonds is 1. The van der Waals surface area contributed by atoms with E-state index < -0.39 is 6.10 Å². The molecule has 0 aromatic carbocycles. The second-order valence-corrected chi connectivity index (χ2v) is 0.836. The molecular weight excluding hydrogens is 68.0 g/mol. The van der Waals surface area contributed by atoms with Crippen LogP contribution in [0.2, 0.25) is 0 Å². The lowest BCUT2D eigenvalue weighted by Crippen LogP contribution is -2.04. The third-order valence-corrected chi connectivity index (χ3v) is 0.211. The van der Waals surface area contributed by atoms with E-state index in [-0.39, 0.29) is 6.61 Å². The molecule has 0 aromatic heterocycles. The molecule has 0 aromatic rings. The predicted molar refractivity (Wildman–Crippen MR) is 18.4 cm³/mol. The van der Waals surface area contributed by atoms with Crippen molar-refractivity contribution < 1.29 is 10.2 Å². The van der Waals surface area contributed by atoms with Crippen molar-refractivity contribution in [3.63, 3.8) is 0 Å². The highest BCUT2D eigenvalue weighted by Crippen LogP contribution is 1.67. The van der Waals surface area contributed by atoms with Crippen LogP contribution in [0.4, 0.5) is 0 Å². The molecule has 0 unspecified atom stereocenters. The molecule has 1 atom stereocenters. The van der Waals surface area contributed by atoms with Crippen LogP contribution in [0, 0.1) is 6.92 Å². The molecule has 0 aliphatic heterocycles. The molecular formula is C3H7O2+. The summed E-state index contributed by atoms with van der Waals surface area (Å²) in [6.45, 7) is 2.81. The molecule has 0 aliphatic rings. The summed E-state index contributed by atoms with van der Waals surface area (Å²) in [6.07, 6.45) is -0.810. The summed E-state index contributed by atoms with van der Waals surface area (Å²) >= 11 is 0. The largest absolute Gasteiger partial charge is 0.389 e. The average molecular weight is 75.1 g/mol. The molecule has 0 spiro atoms. The van der Waals surface area contributed by atoms with Gasteiger partial charge in [0.2, 0.25) is 6.10 Å². The Morgan fingerprint density at radius 3 is 2.00 bits per heavy atom. The summed E-state index contributed by atoms with van der Waals surface area (Å²) in [4.78, 5) is 0. The zero-order valence-electron chi connectivity index (χ0n) is 2.89. The number of hydrogen-bond acceptors (Lipinski definition) is 2. The van der Waals surface area contributed by atoms with Gasteiger partial charge in [-0.25, -0.2) is 0 Å². The fourth-order valence-corrected chi connectivity index (χ4v) is 0. The van der Waals surface area contributed by atoms with E-state index in [1.54, 1.807) is 0 Å². The summed E-state index contributed by atoms with van der Waals surface area (Å²) in [5, 5.41) is 15.8. The molecule has 0 radical (unpaired) electrons. The van der Waals surface area contributed by atoms with Crippen LogP contribution in [0.3, 0.4) is 0 Å². The first-order chi connectivity index (χ1) is 2.27. The van der Waals surface area contributed by atoms with Gasteiger partial charge in [-0.1, -0.05) is 0 Å². The van der Waals surface area contributed by atoms with Gasteiger partial charge in [-0.05, 0) is 0 Å². The number of aliphatic hydroxyl groups is 2. The molecule has 0 rings (SSSR count). The number of aliphatic hydroxyl groups excluding tert-OH is 2. The maximum absolute atomic E-state index is 8.00. The van der Waals surface area contributed by atoms with Crippen molar-refractivity contribution in [3.05, 3.63) is 6.92 Å². The van der Waals surface area contributed by atoms with E-state index in [4.69, 9.17) is 10.2 Å². The van der Waals surface area contributed by atoms with Gasteiger partial charge in [0, 0.05) is 0 Å². The highest BCUT2D eigenvalue weighted by Gasteiger charge is 1.93. The Balaban J connectivity index is 2.54. The van der Waals surface area contributed by atoms with Crippen LogP contribution in [0.5, 0.6) is 0 Å². The summed E-state index contributed by atoms with van der Waals surface area (Å²) in [5.41, 5.74) is 0. The zero-order valence-corrected chi connectivity index (χ0v) is 2.89. The molecule has 5 heavy (non-hydrogen) atoms.